The molecule has 0 fully saturated rings. The molecule has 0 radical (unpaired) electrons. The minimum absolute atomic E-state index is 0.0595. The monoisotopic (exact) mass is 177 g/mol. The molecule has 1 aromatic carbocycles. The van der Waals surface area contributed by atoms with Gasteiger partial charge < -0.3 is 5.32 Å². The Balaban J connectivity index is 2.64. The Labute approximate surface area is 79.0 Å². The molecule has 0 aromatic heterocycles. The van der Waals surface area contributed by atoms with E-state index in [1.807, 2.05) is 31.2 Å². The van der Waals surface area contributed by atoms with E-state index >= 15 is 0 Å². The number of anilines is 1. The van der Waals surface area contributed by atoms with Gasteiger partial charge in [-0.05, 0) is 24.1 Å². The van der Waals surface area contributed by atoms with Gasteiger partial charge in [0.1, 0.15) is 0 Å². The molecule has 0 saturated carbocycles. The maximum atomic E-state index is 11.0. The predicted octanol–water partition coefficient (Wildman–Crippen LogP) is 2.60. The van der Waals surface area contributed by atoms with Crippen molar-refractivity contribution in [1.82, 2.24) is 0 Å². The Morgan fingerprint density at radius 2 is 1.85 bits per heavy atom. The minimum Gasteiger partial charge on any atom is -0.326 e. The van der Waals surface area contributed by atoms with Gasteiger partial charge in [-0.1, -0.05) is 26.0 Å². The number of hydrogen-bond donors (Lipinski definition) is 1. The van der Waals surface area contributed by atoms with Crippen molar-refractivity contribution >= 4 is 11.6 Å². The first-order valence-corrected chi connectivity index (χ1v) is 4.65. The highest BCUT2D eigenvalue weighted by atomic mass is 16.1. The molecule has 1 aromatic rings. The maximum absolute atomic E-state index is 11.0. The molecule has 0 unspecified atom stereocenters. The van der Waals surface area contributed by atoms with Gasteiger partial charge >= 0.3 is 0 Å². The molecule has 0 atom stereocenters. The van der Waals surface area contributed by atoms with Crippen LogP contribution in [-0.4, -0.2) is 5.91 Å². The highest BCUT2D eigenvalue weighted by Crippen LogP contribution is 2.09. The summed E-state index contributed by atoms with van der Waals surface area (Å²) < 4.78 is 0. The topological polar surface area (TPSA) is 29.1 Å². The Kier molecular flexibility index (Phi) is 3.50. The van der Waals surface area contributed by atoms with Crippen molar-refractivity contribution in [2.45, 2.75) is 26.7 Å². The van der Waals surface area contributed by atoms with Gasteiger partial charge in [-0.25, -0.2) is 0 Å². The van der Waals surface area contributed by atoms with Crippen LogP contribution >= 0.6 is 0 Å². The smallest absolute Gasteiger partial charge is 0.224 e. The molecule has 2 heteroatoms. The van der Waals surface area contributed by atoms with Crippen molar-refractivity contribution in [3.8, 4) is 0 Å². The third-order valence-electron chi connectivity index (χ3n) is 1.97. The molecule has 0 aliphatic carbocycles. The summed E-state index contributed by atoms with van der Waals surface area (Å²) in [5.74, 6) is 0.0595. The van der Waals surface area contributed by atoms with Gasteiger partial charge in [-0.3, -0.25) is 4.79 Å². The lowest BCUT2D eigenvalue weighted by atomic mass is 10.1. The average Bonchev–Trinajstić information content (AvgIpc) is 2.19. The minimum atomic E-state index is 0.0595. The van der Waals surface area contributed by atoms with Crippen LogP contribution in [0.25, 0.3) is 0 Å². The molecule has 1 amide bonds. The van der Waals surface area contributed by atoms with Crippen molar-refractivity contribution < 1.29 is 4.79 Å². The Morgan fingerprint density at radius 3 is 2.31 bits per heavy atom. The van der Waals surface area contributed by atoms with Gasteiger partial charge in [0.15, 0.2) is 0 Å². The van der Waals surface area contributed by atoms with Gasteiger partial charge in [0.05, 0.1) is 0 Å². The second kappa shape index (κ2) is 4.65. The quantitative estimate of drug-likeness (QED) is 0.755. The maximum Gasteiger partial charge on any atom is 0.224 e. The molecule has 0 spiro atoms. The predicted molar refractivity (Wildman–Crippen MR) is 54.7 cm³/mol. The van der Waals surface area contributed by atoms with E-state index in [4.69, 9.17) is 0 Å². The number of carbonyl (C=O) groups is 1. The molecule has 1 N–H and O–H groups in total. The molecule has 0 saturated heterocycles. The van der Waals surface area contributed by atoms with Crippen LogP contribution in [0, 0.1) is 0 Å². The number of rotatable bonds is 3. The van der Waals surface area contributed by atoms with Crippen LogP contribution in [0.4, 0.5) is 5.69 Å². The summed E-state index contributed by atoms with van der Waals surface area (Å²) in [6.07, 6.45) is 1.55. The lowest BCUT2D eigenvalue weighted by molar-refractivity contribution is -0.115. The fourth-order valence-corrected chi connectivity index (χ4v) is 1.07. The van der Waals surface area contributed by atoms with E-state index < -0.39 is 0 Å². The first kappa shape index (κ1) is 9.78. The molecule has 13 heavy (non-hydrogen) atoms. The fraction of sp³-hybridized carbons (Fsp3) is 0.364. The Bertz CT molecular complexity index is 277. The lowest BCUT2D eigenvalue weighted by Crippen LogP contribution is -2.09. The van der Waals surface area contributed by atoms with Gasteiger partial charge in [0.25, 0.3) is 0 Å². The SMILES string of the molecule is CCC(=O)Nc1ccc(CC)cc1. The summed E-state index contributed by atoms with van der Waals surface area (Å²) in [6, 6.07) is 7.94. The van der Waals surface area contributed by atoms with Gasteiger partial charge in [-0.15, -0.1) is 0 Å². The highest BCUT2D eigenvalue weighted by molar-refractivity contribution is 5.90. The number of carbonyl (C=O) groups excluding carboxylic acids is 1. The molecule has 0 aliphatic rings. The number of amides is 1. The van der Waals surface area contributed by atoms with Crippen LogP contribution in [-0.2, 0) is 11.2 Å². The molecular formula is C11H15NO. The van der Waals surface area contributed by atoms with Gasteiger partial charge in [0.2, 0.25) is 5.91 Å². The Hall–Kier alpha value is -1.31. The summed E-state index contributed by atoms with van der Waals surface area (Å²) >= 11 is 0. The normalized spacial score (nSPS) is 9.69. The number of aryl methyl sites for hydroxylation is 1. The second-order valence-corrected chi connectivity index (χ2v) is 2.95. The third-order valence-corrected chi connectivity index (χ3v) is 1.97. The van der Waals surface area contributed by atoms with E-state index in [0.29, 0.717) is 6.42 Å². The molecule has 70 valence electrons. The number of nitrogens with one attached hydrogen (secondary N) is 1. The largest absolute Gasteiger partial charge is 0.326 e. The first-order chi connectivity index (χ1) is 6.26. The third kappa shape index (κ3) is 2.90. The zero-order chi connectivity index (χ0) is 9.68. The van der Waals surface area contributed by atoms with E-state index in [0.717, 1.165) is 12.1 Å². The van der Waals surface area contributed by atoms with E-state index in [1.54, 1.807) is 0 Å². The van der Waals surface area contributed by atoms with Crippen molar-refractivity contribution in [2.24, 2.45) is 0 Å². The molecule has 0 aliphatic heterocycles. The molecule has 0 bridgehead atoms. The summed E-state index contributed by atoms with van der Waals surface area (Å²) in [7, 11) is 0. The number of benzene rings is 1. The zero-order valence-corrected chi connectivity index (χ0v) is 8.13. The van der Waals surface area contributed by atoms with Crippen molar-refractivity contribution in [1.29, 1.82) is 0 Å². The van der Waals surface area contributed by atoms with Crippen molar-refractivity contribution in [3.05, 3.63) is 29.8 Å². The lowest BCUT2D eigenvalue weighted by Gasteiger charge is -2.03. The van der Waals surface area contributed by atoms with Crippen LogP contribution < -0.4 is 5.32 Å². The molecular weight excluding hydrogens is 162 g/mol. The van der Waals surface area contributed by atoms with Crippen LogP contribution in [0.5, 0.6) is 0 Å². The van der Waals surface area contributed by atoms with Crippen LogP contribution in [0.2, 0.25) is 0 Å². The second-order valence-electron chi connectivity index (χ2n) is 2.95. The van der Waals surface area contributed by atoms with Gasteiger partial charge in [0, 0.05) is 12.1 Å². The first-order valence-electron chi connectivity index (χ1n) is 4.65. The van der Waals surface area contributed by atoms with E-state index in [1.165, 1.54) is 5.56 Å². The highest BCUT2D eigenvalue weighted by Gasteiger charge is 1.97. The summed E-state index contributed by atoms with van der Waals surface area (Å²) in [5.41, 5.74) is 2.17. The van der Waals surface area contributed by atoms with Crippen molar-refractivity contribution in [3.63, 3.8) is 0 Å². The van der Waals surface area contributed by atoms with Crippen LogP contribution in [0.3, 0.4) is 0 Å². The van der Waals surface area contributed by atoms with Gasteiger partial charge in [-0.2, -0.15) is 0 Å². The fourth-order valence-electron chi connectivity index (χ4n) is 1.07. The standard InChI is InChI=1S/C11H15NO/c1-3-9-5-7-10(8-6-9)12-11(13)4-2/h5-8H,3-4H2,1-2H3,(H,12,13). The number of hydrogen-bond acceptors (Lipinski definition) is 1. The van der Waals surface area contributed by atoms with E-state index in [9.17, 15) is 4.79 Å². The Morgan fingerprint density at radius 1 is 1.23 bits per heavy atom. The van der Waals surface area contributed by atoms with Crippen LogP contribution in [0.1, 0.15) is 25.8 Å². The van der Waals surface area contributed by atoms with Crippen molar-refractivity contribution in [2.75, 3.05) is 5.32 Å². The molecule has 2 nitrogen and oxygen atoms in total. The van der Waals surface area contributed by atoms with E-state index in [2.05, 4.69) is 12.2 Å². The molecule has 0 heterocycles. The molecule has 1 rings (SSSR count). The summed E-state index contributed by atoms with van der Waals surface area (Å²) in [5, 5.41) is 2.80. The summed E-state index contributed by atoms with van der Waals surface area (Å²) in [6.45, 7) is 3.95. The average molecular weight is 177 g/mol. The zero-order valence-electron chi connectivity index (χ0n) is 8.13. The van der Waals surface area contributed by atoms with Crippen LogP contribution in [0.15, 0.2) is 24.3 Å². The summed E-state index contributed by atoms with van der Waals surface area (Å²) in [4.78, 5) is 11.0. The van der Waals surface area contributed by atoms with E-state index in [-0.39, 0.29) is 5.91 Å².